The van der Waals surface area contributed by atoms with Crippen LogP contribution in [0.5, 0.6) is 0 Å². The summed E-state index contributed by atoms with van der Waals surface area (Å²) in [6.45, 7) is 4.01. The van der Waals surface area contributed by atoms with E-state index in [1.807, 2.05) is 12.1 Å². The highest BCUT2D eigenvalue weighted by Gasteiger charge is 2.20. The van der Waals surface area contributed by atoms with E-state index in [4.69, 9.17) is 4.74 Å². The number of aromatic nitrogens is 1. The second kappa shape index (κ2) is 8.31. The van der Waals surface area contributed by atoms with Crippen molar-refractivity contribution in [3.05, 3.63) is 43.2 Å². The van der Waals surface area contributed by atoms with Crippen LogP contribution in [-0.4, -0.2) is 30.6 Å². The average molecular weight is 463 g/mol. The van der Waals surface area contributed by atoms with Gasteiger partial charge < -0.3 is 15.0 Å². The molecule has 1 saturated heterocycles. The molecule has 1 aliphatic rings. The number of fused-ring (bicyclic) bond motifs is 1. The summed E-state index contributed by atoms with van der Waals surface area (Å²) < 4.78 is 6.00. The molecule has 130 valence electrons. The van der Waals surface area contributed by atoms with Crippen molar-refractivity contribution in [2.24, 2.45) is 0 Å². The minimum absolute atomic E-state index is 0. The summed E-state index contributed by atoms with van der Waals surface area (Å²) in [5, 5.41) is 3.96. The minimum atomic E-state index is -0.578. The van der Waals surface area contributed by atoms with Gasteiger partial charge in [0.25, 0.3) is 0 Å². The van der Waals surface area contributed by atoms with Gasteiger partial charge in [-0.2, -0.15) is 0 Å². The van der Waals surface area contributed by atoms with Gasteiger partial charge in [-0.15, -0.1) is 12.4 Å². The number of rotatable bonds is 3. The number of carbonyl (C=O) groups excluding carboxylic acids is 1. The molecule has 0 spiro atoms. The lowest BCUT2D eigenvalue weighted by molar-refractivity contribution is 0.0524. The molecular formula is C17H20ClIN2O3. The van der Waals surface area contributed by atoms with E-state index < -0.39 is 5.97 Å². The van der Waals surface area contributed by atoms with E-state index in [9.17, 15) is 9.59 Å². The monoisotopic (exact) mass is 462 g/mol. The molecule has 1 atom stereocenters. The first-order valence-electron chi connectivity index (χ1n) is 7.84. The number of aromatic amines is 1. The maximum absolute atomic E-state index is 12.5. The maximum Gasteiger partial charge on any atom is 0.343 e. The zero-order chi connectivity index (χ0) is 16.4. The number of benzene rings is 1. The number of halogens is 2. The SMILES string of the molecule is CCOC(=O)c1c[nH]c2cc(C3CCCNC3)c(I)cc2c1=O.Cl. The molecular weight excluding hydrogens is 443 g/mol. The lowest BCUT2D eigenvalue weighted by Crippen LogP contribution is -2.28. The maximum atomic E-state index is 12.5. The Balaban J connectivity index is 0.00000208. The highest BCUT2D eigenvalue weighted by atomic mass is 127. The van der Waals surface area contributed by atoms with Gasteiger partial charge in [0.15, 0.2) is 0 Å². The average Bonchev–Trinajstić information content (AvgIpc) is 2.56. The molecule has 0 radical (unpaired) electrons. The van der Waals surface area contributed by atoms with E-state index in [-0.39, 0.29) is 30.0 Å². The second-order valence-electron chi connectivity index (χ2n) is 5.71. The number of hydrogen-bond donors (Lipinski definition) is 2. The summed E-state index contributed by atoms with van der Waals surface area (Å²) in [4.78, 5) is 27.5. The van der Waals surface area contributed by atoms with Crippen molar-refractivity contribution in [1.82, 2.24) is 10.3 Å². The standard InChI is InChI=1S/C17H19IN2O3.ClH/c1-2-23-17(22)13-9-20-15-7-11(10-4-3-5-19-8-10)14(18)6-12(15)16(13)21;/h6-7,9-10,19H,2-5,8H2,1H3,(H,20,21);1H. The number of nitrogens with one attached hydrogen (secondary N) is 2. The van der Waals surface area contributed by atoms with Crippen molar-refractivity contribution in [3.63, 3.8) is 0 Å². The number of ether oxygens (including phenoxy) is 1. The van der Waals surface area contributed by atoms with Gasteiger partial charge in [0, 0.05) is 27.2 Å². The Morgan fingerprint density at radius 2 is 2.21 bits per heavy atom. The highest BCUT2D eigenvalue weighted by molar-refractivity contribution is 14.1. The first-order chi connectivity index (χ1) is 11.1. The van der Waals surface area contributed by atoms with Gasteiger partial charge in [0.1, 0.15) is 5.56 Å². The van der Waals surface area contributed by atoms with Crippen LogP contribution in [0.15, 0.2) is 23.1 Å². The largest absolute Gasteiger partial charge is 0.462 e. The number of esters is 1. The second-order valence-corrected chi connectivity index (χ2v) is 6.88. The Morgan fingerprint density at radius 3 is 2.88 bits per heavy atom. The number of H-pyrrole nitrogens is 1. The van der Waals surface area contributed by atoms with E-state index in [0.29, 0.717) is 11.3 Å². The molecule has 2 heterocycles. The van der Waals surface area contributed by atoms with Crippen LogP contribution in [0.2, 0.25) is 0 Å². The molecule has 1 unspecified atom stereocenters. The van der Waals surface area contributed by atoms with Crippen molar-refractivity contribution >= 4 is 51.9 Å². The molecule has 1 aromatic heterocycles. The lowest BCUT2D eigenvalue weighted by Gasteiger charge is -2.24. The van der Waals surface area contributed by atoms with Crippen LogP contribution >= 0.6 is 35.0 Å². The Kier molecular flexibility index (Phi) is 6.65. The first-order valence-corrected chi connectivity index (χ1v) is 8.92. The summed E-state index contributed by atoms with van der Waals surface area (Å²) in [6.07, 6.45) is 3.77. The van der Waals surface area contributed by atoms with Crippen molar-refractivity contribution in [2.45, 2.75) is 25.7 Å². The third kappa shape index (κ3) is 3.75. The predicted octanol–water partition coefficient (Wildman–Crippen LogP) is 3.20. The molecule has 0 amide bonds. The van der Waals surface area contributed by atoms with Crippen LogP contribution in [0.25, 0.3) is 10.9 Å². The molecule has 0 aliphatic carbocycles. The summed E-state index contributed by atoms with van der Waals surface area (Å²) in [5.41, 5.74) is 1.81. The number of piperidine rings is 1. The Bertz CT molecular complexity index is 800. The molecule has 1 aliphatic heterocycles. The van der Waals surface area contributed by atoms with Crippen molar-refractivity contribution in [3.8, 4) is 0 Å². The van der Waals surface area contributed by atoms with Gasteiger partial charge in [-0.3, -0.25) is 4.79 Å². The molecule has 7 heteroatoms. The number of hydrogen-bond acceptors (Lipinski definition) is 4. The summed E-state index contributed by atoms with van der Waals surface area (Å²) in [7, 11) is 0. The molecule has 2 N–H and O–H groups in total. The fourth-order valence-electron chi connectivity index (χ4n) is 3.05. The van der Waals surface area contributed by atoms with Crippen molar-refractivity contribution < 1.29 is 9.53 Å². The first kappa shape index (κ1) is 19.2. The molecule has 24 heavy (non-hydrogen) atoms. The molecule has 0 saturated carbocycles. The van der Waals surface area contributed by atoms with E-state index in [1.165, 1.54) is 11.8 Å². The number of carbonyl (C=O) groups is 1. The van der Waals surface area contributed by atoms with Gasteiger partial charge >= 0.3 is 5.97 Å². The molecule has 5 nitrogen and oxygen atoms in total. The summed E-state index contributed by atoms with van der Waals surface area (Å²) >= 11 is 2.28. The van der Waals surface area contributed by atoms with E-state index in [1.54, 1.807) is 6.92 Å². The summed E-state index contributed by atoms with van der Waals surface area (Å²) in [6, 6.07) is 3.92. The minimum Gasteiger partial charge on any atom is -0.462 e. The molecule has 3 rings (SSSR count). The van der Waals surface area contributed by atoms with Crippen LogP contribution in [0, 0.1) is 3.57 Å². The summed E-state index contributed by atoms with van der Waals surface area (Å²) in [5.74, 6) is -0.112. The zero-order valence-corrected chi connectivity index (χ0v) is 16.3. The predicted molar refractivity (Wildman–Crippen MR) is 105 cm³/mol. The van der Waals surface area contributed by atoms with Crippen LogP contribution in [0.4, 0.5) is 0 Å². The van der Waals surface area contributed by atoms with Gasteiger partial charge in [0.05, 0.1) is 6.61 Å². The molecule has 1 fully saturated rings. The zero-order valence-electron chi connectivity index (χ0n) is 13.4. The van der Waals surface area contributed by atoms with E-state index in [0.717, 1.165) is 35.0 Å². The third-order valence-corrected chi connectivity index (χ3v) is 5.16. The Morgan fingerprint density at radius 1 is 1.42 bits per heavy atom. The van der Waals surface area contributed by atoms with Gasteiger partial charge in [0.2, 0.25) is 5.43 Å². The highest BCUT2D eigenvalue weighted by Crippen LogP contribution is 2.29. The quantitative estimate of drug-likeness (QED) is 0.543. The molecule has 2 aromatic rings. The Hall–Kier alpha value is -1.12. The van der Waals surface area contributed by atoms with Gasteiger partial charge in [-0.25, -0.2) is 4.79 Å². The smallest absolute Gasteiger partial charge is 0.343 e. The fourth-order valence-corrected chi connectivity index (χ4v) is 3.96. The number of pyridine rings is 1. The normalized spacial score (nSPS) is 17.3. The third-order valence-electron chi connectivity index (χ3n) is 4.23. The van der Waals surface area contributed by atoms with Crippen LogP contribution < -0.4 is 10.7 Å². The van der Waals surface area contributed by atoms with Crippen LogP contribution in [-0.2, 0) is 4.74 Å². The fraction of sp³-hybridized carbons (Fsp3) is 0.412. The van der Waals surface area contributed by atoms with E-state index in [2.05, 4.69) is 32.9 Å². The van der Waals surface area contributed by atoms with Crippen LogP contribution in [0.1, 0.15) is 41.6 Å². The Labute approximate surface area is 160 Å². The van der Waals surface area contributed by atoms with Gasteiger partial charge in [-0.05, 0) is 72.5 Å². The topological polar surface area (TPSA) is 71.2 Å². The van der Waals surface area contributed by atoms with E-state index >= 15 is 0 Å². The van der Waals surface area contributed by atoms with Crippen molar-refractivity contribution in [2.75, 3.05) is 19.7 Å². The molecule has 0 bridgehead atoms. The molecule has 1 aromatic carbocycles. The lowest BCUT2D eigenvalue weighted by atomic mass is 9.91. The van der Waals surface area contributed by atoms with Gasteiger partial charge in [-0.1, -0.05) is 0 Å². The van der Waals surface area contributed by atoms with Crippen LogP contribution in [0.3, 0.4) is 0 Å². The van der Waals surface area contributed by atoms with Crippen molar-refractivity contribution in [1.29, 1.82) is 0 Å².